The Morgan fingerprint density at radius 3 is 2.82 bits per heavy atom. The van der Waals surface area contributed by atoms with E-state index < -0.39 is 0 Å². The SMILES string of the molecule is COc1cc2c(cc1/C=C/C(=O)c1ccc3c(c1)OCO3)[C@H]1CC[C@]3(C)C(O)CC[C@H]3[C@@H]1CC2. The quantitative estimate of drug-likeness (QED) is 0.480. The Morgan fingerprint density at radius 1 is 1.12 bits per heavy atom. The van der Waals surface area contributed by atoms with Crippen molar-refractivity contribution in [1.29, 1.82) is 0 Å². The Labute approximate surface area is 200 Å². The normalized spacial score (nSPS) is 31.1. The number of rotatable bonds is 4. The molecule has 5 nitrogen and oxygen atoms in total. The first kappa shape index (κ1) is 21.7. The van der Waals surface area contributed by atoms with Gasteiger partial charge in [-0.1, -0.05) is 6.92 Å². The highest BCUT2D eigenvalue weighted by atomic mass is 16.7. The third-order valence-corrected chi connectivity index (χ3v) is 9.10. The largest absolute Gasteiger partial charge is 0.496 e. The summed E-state index contributed by atoms with van der Waals surface area (Å²) >= 11 is 0. The van der Waals surface area contributed by atoms with Crippen molar-refractivity contribution in [3.8, 4) is 17.2 Å². The van der Waals surface area contributed by atoms with Gasteiger partial charge in [-0.05, 0) is 115 Å². The van der Waals surface area contributed by atoms with Crippen LogP contribution in [0.2, 0.25) is 0 Å². The lowest BCUT2D eigenvalue weighted by atomic mass is 9.55. The van der Waals surface area contributed by atoms with E-state index in [4.69, 9.17) is 14.2 Å². The molecule has 0 spiro atoms. The fraction of sp³-hybridized carbons (Fsp3) is 0.483. The molecule has 4 aliphatic rings. The highest BCUT2D eigenvalue weighted by molar-refractivity contribution is 6.07. The van der Waals surface area contributed by atoms with Gasteiger partial charge in [-0.3, -0.25) is 4.79 Å². The second kappa shape index (κ2) is 8.16. The Kier molecular flexibility index (Phi) is 5.21. The summed E-state index contributed by atoms with van der Waals surface area (Å²) in [6.45, 7) is 2.50. The summed E-state index contributed by atoms with van der Waals surface area (Å²) in [7, 11) is 1.69. The predicted octanol–water partition coefficient (Wildman–Crippen LogP) is 5.54. The van der Waals surface area contributed by atoms with Crippen molar-refractivity contribution < 1.29 is 24.1 Å². The van der Waals surface area contributed by atoms with Gasteiger partial charge in [0.25, 0.3) is 0 Å². The first-order valence-corrected chi connectivity index (χ1v) is 12.5. The molecule has 0 bridgehead atoms. The van der Waals surface area contributed by atoms with Gasteiger partial charge in [0.05, 0.1) is 13.2 Å². The summed E-state index contributed by atoms with van der Waals surface area (Å²) in [6, 6.07) is 9.71. The second-order valence-electron chi connectivity index (χ2n) is 10.6. The number of carbonyl (C=O) groups is 1. The standard InChI is InChI=1S/C29H32O5/c1-29-12-11-20-21(23(29)7-10-28(29)31)6-3-17-14-26(32-2)19(13-22(17)20)4-8-24(30)18-5-9-25-27(15-18)34-16-33-25/h4-5,8-9,13-15,20-21,23,28,31H,3,6-7,10-12,16H2,1-2H3/b8-4+/t20-,21+,23-,28?,29-/m0/s1. The lowest BCUT2D eigenvalue weighted by molar-refractivity contribution is -0.0226. The number of ether oxygens (including phenoxy) is 3. The fourth-order valence-corrected chi connectivity index (χ4v) is 7.21. The minimum Gasteiger partial charge on any atom is -0.496 e. The van der Waals surface area contributed by atoms with E-state index in [9.17, 15) is 9.90 Å². The average molecular weight is 461 g/mol. The molecule has 34 heavy (non-hydrogen) atoms. The number of hydrogen-bond donors (Lipinski definition) is 1. The molecule has 0 radical (unpaired) electrons. The lowest BCUT2D eigenvalue weighted by Gasteiger charge is -2.50. The van der Waals surface area contributed by atoms with E-state index in [1.54, 1.807) is 31.4 Å². The number of allylic oxidation sites excluding steroid dienone is 1. The van der Waals surface area contributed by atoms with Crippen LogP contribution in [0.15, 0.2) is 36.4 Å². The predicted molar refractivity (Wildman–Crippen MR) is 130 cm³/mol. The summed E-state index contributed by atoms with van der Waals surface area (Å²) in [6.07, 6.45) is 9.86. The minimum atomic E-state index is -0.156. The van der Waals surface area contributed by atoms with Gasteiger partial charge in [-0.25, -0.2) is 0 Å². The Bertz CT molecular complexity index is 1170. The first-order valence-electron chi connectivity index (χ1n) is 12.5. The number of methoxy groups -OCH3 is 1. The monoisotopic (exact) mass is 460 g/mol. The first-order chi connectivity index (χ1) is 16.5. The molecule has 2 fully saturated rings. The molecule has 0 aromatic heterocycles. The molecular weight excluding hydrogens is 428 g/mol. The summed E-state index contributed by atoms with van der Waals surface area (Å²) in [5.74, 6) is 3.76. The van der Waals surface area contributed by atoms with E-state index in [1.807, 2.05) is 6.08 Å². The molecule has 3 aliphatic carbocycles. The van der Waals surface area contributed by atoms with Crippen LogP contribution < -0.4 is 14.2 Å². The second-order valence-corrected chi connectivity index (χ2v) is 10.6. The van der Waals surface area contributed by atoms with Gasteiger partial charge in [-0.15, -0.1) is 0 Å². The van der Waals surface area contributed by atoms with Crippen molar-refractivity contribution >= 4 is 11.9 Å². The molecule has 0 amide bonds. The van der Waals surface area contributed by atoms with E-state index in [2.05, 4.69) is 19.1 Å². The molecule has 5 heteroatoms. The molecular formula is C29H32O5. The van der Waals surface area contributed by atoms with Crippen molar-refractivity contribution in [2.24, 2.45) is 17.3 Å². The van der Waals surface area contributed by atoms with E-state index >= 15 is 0 Å². The van der Waals surface area contributed by atoms with Crippen LogP contribution in [-0.4, -0.2) is 30.9 Å². The highest BCUT2D eigenvalue weighted by Crippen LogP contribution is 2.61. The number of fused-ring (bicyclic) bond motifs is 6. The van der Waals surface area contributed by atoms with Crippen LogP contribution in [0.5, 0.6) is 17.2 Å². The van der Waals surface area contributed by atoms with Crippen LogP contribution in [0, 0.1) is 17.3 Å². The third kappa shape index (κ3) is 3.36. The number of carbonyl (C=O) groups excluding carboxylic acids is 1. The number of aryl methyl sites for hydroxylation is 1. The summed E-state index contributed by atoms with van der Waals surface area (Å²) in [5, 5.41) is 10.7. The maximum absolute atomic E-state index is 12.9. The lowest BCUT2D eigenvalue weighted by Crippen LogP contribution is -2.43. The number of ketones is 1. The number of benzene rings is 2. The van der Waals surface area contributed by atoms with Gasteiger partial charge in [0, 0.05) is 11.1 Å². The Morgan fingerprint density at radius 2 is 1.97 bits per heavy atom. The zero-order valence-corrected chi connectivity index (χ0v) is 19.9. The fourth-order valence-electron chi connectivity index (χ4n) is 7.21. The summed E-state index contributed by atoms with van der Waals surface area (Å²) in [5.41, 5.74) is 4.38. The molecule has 1 heterocycles. The zero-order chi connectivity index (χ0) is 23.4. The smallest absolute Gasteiger partial charge is 0.231 e. The van der Waals surface area contributed by atoms with Gasteiger partial charge in [-0.2, -0.15) is 0 Å². The average Bonchev–Trinajstić information content (AvgIpc) is 3.45. The molecule has 1 N–H and O–H groups in total. The molecule has 1 aliphatic heterocycles. The topological polar surface area (TPSA) is 65.0 Å². The molecule has 1 unspecified atom stereocenters. The molecule has 2 saturated carbocycles. The van der Waals surface area contributed by atoms with Crippen LogP contribution in [0.1, 0.15) is 72.0 Å². The molecule has 6 rings (SSSR count). The van der Waals surface area contributed by atoms with Crippen molar-refractivity contribution in [2.75, 3.05) is 13.9 Å². The Hall–Kier alpha value is -2.79. The third-order valence-electron chi connectivity index (χ3n) is 9.10. The van der Waals surface area contributed by atoms with E-state index in [0.29, 0.717) is 34.8 Å². The van der Waals surface area contributed by atoms with Crippen LogP contribution in [0.25, 0.3) is 6.08 Å². The van der Waals surface area contributed by atoms with Gasteiger partial charge < -0.3 is 19.3 Å². The summed E-state index contributed by atoms with van der Waals surface area (Å²) < 4.78 is 16.5. The van der Waals surface area contributed by atoms with Crippen LogP contribution in [-0.2, 0) is 6.42 Å². The van der Waals surface area contributed by atoms with Gasteiger partial charge in [0.15, 0.2) is 17.3 Å². The zero-order valence-electron chi connectivity index (χ0n) is 19.9. The molecule has 178 valence electrons. The van der Waals surface area contributed by atoms with Crippen molar-refractivity contribution in [1.82, 2.24) is 0 Å². The number of aliphatic hydroxyl groups excluding tert-OH is 1. The van der Waals surface area contributed by atoms with Crippen LogP contribution in [0.4, 0.5) is 0 Å². The molecule has 2 aromatic rings. The van der Waals surface area contributed by atoms with Crippen molar-refractivity contribution in [2.45, 2.75) is 57.5 Å². The maximum atomic E-state index is 12.9. The highest BCUT2D eigenvalue weighted by Gasteiger charge is 2.54. The number of hydrogen-bond acceptors (Lipinski definition) is 5. The van der Waals surface area contributed by atoms with Gasteiger partial charge in [0.1, 0.15) is 5.75 Å². The Balaban J connectivity index is 1.29. The molecule has 2 aromatic carbocycles. The minimum absolute atomic E-state index is 0.0743. The maximum Gasteiger partial charge on any atom is 0.231 e. The van der Waals surface area contributed by atoms with Crippen LogP contribution >= 0.6 is 0 Å². The van der Waals surface area contributed by atoms with Crippen molar-refractivity contribution in [3.05, 3.63) is 58.7 Å². The summed E-state index contributed by atoms with van der Waals surface area (Å²) in [4.78, 5) is 12.9. The van der Waals surface area contributed by atoms with E-state index in [-0.39, 0.29) is 24.1 Å². The van der Waals surface area contributed by atoms with Gasteiger partial charge >= 0.3 is 0 Å². The van der Waals surface area contributed by atoms with Crippen LogP contribution in [0.3, 0.4) is 0 Å². The molecule has 0 saturated heterocycles. The van der Waals surface area contributed by atoms with Gasteiger partial charge in [0.2, 0.25) is 6.79 Å². The van der Waals surface area contributed by atoms with E-state index in [1.165, 1.54) is 17.5 Å². The van der Waals surface area contributed by atoms with Crippen molar-refractivity contribution in [3.63, 3.8) is 0 Å². The molecule has 5 atom stereocenters. The van der Waals surface area contributed by atoms with E-state index in [0.717, 1.165) is 43.4 Å². The number of aliphatic hydroxyl groups is 1.